The number of likely N-dealkylation sites (tertiary alicyclic amines) is 1. The zero-order valence-electron chi connectivity index (χ0n) is 11.8. The van der Waals surface area contributed by atoms with Crippen molar-refractivity contribution >= 4 is 11.9 Å². The largest absolute Gasteiger partial charge is 0.481 e. The molecule has 1 aliphatic heterocycles. The van der Waals surface area contributed by atoms with Crippen molar-refractivity contribution in [2.75, 3.05) is 13.1 Å². The fourth-order valence-electron chi connectivity index (χ4n) is 2.52. The van der Waals surface area contributed by atoms with Crippen molar-refractivity contribution in [3.05, 3.63) is 36.2 Å². The minimum Gasteiger partial charge on any atom is -0.481 e. The van der Waals surface area contributed by atoms with Gasteiger partial charge in [0.1, 0.15) is 6.33 Å². The monoisotopic (exact) mass is 301 g/mol. The summed E-state index contributed by atoms with van der Waals surface area (Å²) in [7, 11) is 0. The fourth-order valence-corrected chi connectivity index (χ4v) is 2.52. The quantitative estimate of drug-likeness (QED) is 0.862. The topological polar surface area (TPSA) is 101 Å². The molecule has 1 amide bonds. The van der Waals surface area contributed by atoms with Crippen LogP contribution in [0.15, 0.2) is 30.6 Å². The van der Waals surface area contributed by atoms with Gasteiger partial charge < -0.3 is 10.0 Å². The number of aromatic nitrogens is 4. The molecule has 3 rings (SSSR count). The first-order chi connectivity index (χ1) is 10.6. The summed E-state index contributed by atoms with van der Waals surface area (Å²) in [5, 5.41) is 19.9. The molecule has 0 bridgehead atoms. The molecule has 1 fully saturated rings. The van der Waals surface area contributed by atoms with Gasteiger partial charge in [0.15, 0.2) is 0 Å². The smallest absolute Gasteiger partial charge is 0.308 e. The highest BCUT2D eigenvalue weighted by Gasteiger charge is 2.30. The lowest BCUT2D eigenvalue weighted by Gasteiger charge is -2.15. The first-order valence-electron chi connectivity index (χ1n) is 6.96. The van der Waals surface area contributed by atoms with Gasteiger partial charge in [-0.2, -0.15) is 0 Å². The molecule has 0 spiro atoms. The number of hydrogen-bond acceptors (Lipinski definition) is 5. The average molecular weight is 301 g/mol. The van der Waals surface area contributed by atoms with E-state index in [2.05, 4.69) is 15.5 Å². The first-order valence-corrected chi connectivity index (χ1v) is 6.96. The SMILES string of the molecule is O=C(O)[C@H]1CCN(C(=O)Cc2ccc(-n3cnnn3)cc2)C1. The average Bonchev–Trinajstić information content (AvgIpc) is 3.20. The molecule has 0 aliphatic carbocycles. The first kappa shape index (κ1) is 14.2. The highest BCUT2D eigenvalue weighted by atomic mass is 16.4. The third-order valence-electron chi connectivity index (χ3n) is 3.80. The molecule has 8 nitrogen and oxygen atoms in total. The maximum absolute atomic E-state index is 12.2. The number of carbonyl (C=O) groups excluding carboxylic acids is 1. The third-order valence-corrected chi connectivity index (χ3v) is 3.80. The Morgan fingerprint density at radius 3 is 2.64 bits per heavy atom. The number of carboxylic acids is 1. The minimum absolute atomic E-state index is 0.0427. The van der Waals surface area contributed by atoms with Crippen molar-refractivity contribution < 1.29 is 14.7 Å². The maximum atomic E-state index is 12.2. The molecule has 1 aliphatic rings. The number of carbonyl (C=O) groups is 2. The van der Waals surface area contributed by atoms with E-state index < -0.39 is 11.9 Å². The lowest BCUT2D eigenvalue weighted by molar-refractivity contribution is -0.141. The molecule has 1 atom stereocenters. The van der Waals surface area contributed by atoms with Crippen molar-refractivity contribution in [1.29, 1.82) is 0 Å². The van der Waals surface area contributed by atoms with E-state index in [1.165, 1.54) is 11.0 Å². The second kappa shape index (κ2) is 5.92. The van der Waals surface area contributed by atoms with Crippen LogP contribution in [0.1, 0.15) is 12.0 Å². The minimum atomic E-state index is -0.832. The molecule has 1 aromatic carbocycles. The Morgan fingerprint density at radius 1 is 1.27 bits per heavy atom. The number of tetrazole rings is 1. The molecule has 1 aromatic heterocycles. The zero-order valence-corrected chi connectivity index (χ0v) is 11.8. The molecule has 0 saturated carbocycles. The maximum Gasteiger partial charge on any atom is 0.308 e. The van der Waals surface area contributed by atoms with Crippen LogP contribution in [0.25, 0.3) is 5.69 Å². The summed E-state index contributed by atoms with van der Waals surface area (Å²) in [5.74, 6) is -1.31. The van der Waals surface area contributed by atoms with Gasteiger partial charge in [0.2, 0.25) is 5.91 Å². The van der Waals surface area contributed by atoms with Crippen LogP contribution in [0.4, 0.5) is 0 Å². The fraction of sp³-hybridized carbons (Fsp3) is 0.357. The standard InChI is InChI=1S/C14H15N5O3/c20-13(18-6-5-11(8-18)14(21)22)7-10-1-3-12(4-2-10)19-9-15-16-17-19/h1-4,9,11H,5-8H2,(H,21,22)/t11-/m0/s1. The van der Waals surface area contributed by atoms with E-state index in [4.69, 9.17) is 5.11 Å². The predicted octanol–water partition coefficient (Wildman–Crippen LogP) is 0.138. The van der Waals surface area contributed by atoms with Crippen molar-refractivity contribution in [2.24, 2.45) is 5.92 Å². The van der Waals surface area contributed by atoms with Crippen molar-refractivity contribution in [3.8, 4) is 5.69 Å². The molecule has 1 N–H and O–H groups in total. The van der Waals surface area contributed by atoms with Crippen LogP contribution in [0, 0.1) is 5.92 Å². The number of aliphatic carboxylic acids is 1. The van der Waals surface area contributed by atoms with Crippen LogP contribution in [-0.2, 0) is 16.0 Å². The summed E-state index contributed by atoms with van der Waals surface area (Å²) in [6, 6.07) is 7.37. The Balaban J connectivity index is 1.61. The van der Waals surface area contributed by atoms with E-state index in [1.54, 1.807) is 4.90 Å². The summed E-state index contributed by atoms with van der Waals surface area (Å²) in [4.78, 5) is 24.7. The number of amides is 1. The van der Waals surface area contributed by atoms with E-state index in [0.717, 1.165) is 11.3 Å². The Labute approximate surface area is 126 Å². The van der Waals surface area contributed by atoms with Crippen LogP contribution in [0.5, 0.6) is 0 Å². The van der Waals surface area contributed by atoms with Gasteiger partial charge in [0.25, 0.3) is 0 Å². The summed E-state index contributed by atoms with van der Waals surface area (Å²) in [6.45, 7) is 0.815. The molecule has 22 heavy (non-hydrogen) atoms. The van der Waals surface area contributed by atoms with Gasteiger partial charge in [-0.1, -0.05) is 12.1 Å². The van der Waals surface area contributed by atoms with Gasteiger partial charge in [-0.3, -0.25) is 9.59 Å². The van der Waals surface area contributed by atoms with Gasteiger partial charge in [-0.25, -0.2) is 4.68 Å². The van der Waals surface area contributed by atoms with E-state index >= 15 is 0 Å². The van der Waals surface area contributed by atoms with E-state index in [1.807, 2.05) is 24.3 Å². The lowest BCUT2D eigenvalue weighted by Crippen LogP contribution is -2.31. The van der Waals surface area contributed by atoms with Gasteiger partial charge in [0.05, 0.1) is 18.0 Å². The highest BCUT2D eigenvalue weighted by molar-refractivity contribution is 5.80. The zero-order chi connectivity index (χ0) is 15.5. The van der Waals surface area contributed by atoms with Gasteiger partial charge in [-0.05, 0) is 34.5 Å². The second-order valence-electron chi connectivity index (χ2n) is 5.26. The summed E-state index contributed by atoms with van der Waals surface area (Å²) in [5.41, 5.74) is 1.69. The number of nitrogens with zero attached hydrogens (tertiary/aromatic N) is 5. The Kier molecular flexibility index (Phi) is 3.82. The van der Waals surface area contributed by atoms with Crippen LogP contribution < -0.4 is 0 Å². The number of carboxylic acid groups (broad SMARTS) is 1. The van der Waals surface area contributed by atoms with Crippen LogP contribution >= 0.6 is 0 Å². The Bertz CT molecular complexity index is 668. The Morgan fingerprint density at radius 2 is 2.05 bits per heavy atom. The molecule has 2 heterocycles. The highest BCUT2D eigenvalue weighted by Crippen LogP contribution is 2.18. The molecule has 2 aromatic rings. The second-order valence-corrected chi connectivity index (χ2v) is 5.26. The third kappa shape index (κ3) is 2.95. The molecule has 0 radical (unpaired) electrons. The van der Waals surface area contributed by atoms with Gasteiger partial charge >= 0.3 is 5.97 Å². The number of hydrogen-bond donors (Lipinski definition) is 1. The van der Waals surface area contributed by atoms with Crippen LogP contribution in [0.2, 0.25) is 0 Å². The molecule has 0 unspecified atom stereocenters. The molecule has 114 valence electrons. The van der Waals surface area contributed by atoms with Crippen molar-refractivity contribution in [2.45, 2.75) is 12.8 Å². The normalized spacial score (nSPS) is 17.6. The van der Waals surface area contributed by atoms with Crippen LogP contribution in [0.3, 0.4) is 0 Å². The van der Waals surface area contributed by atoms with Gasteiger partial charge in [0, 0.05) is 13.1 Å². The lowest BCUT2D eigenvalue weighted by atomic mass is 10.1. The van der Waals surface area contributed by atoms with Crippen molar-refractivity contribution in [1.82, 2.24) is 25.1 Å². The predicted molar refractivity (Wildman–Crippen MR) is 75.2 cm³/mol. The number of rotatable bonds is 4. The molecular weight excluding hydrogens is 286 g/mol. The van der Waals surface area contributed by atoms with E-state index in [0.29, 0.717) is 19.5 Å². The molecule has 1 saturated heterocycles. The van der Waals surface area contributed by atoms with Gasteiger partial charge in [-0.15, -0.1) is 5.10 Å². The molecular formula is C14H15N5O3. The number of benzene rings is 1. The molecule has 8 heteroatoms. The van der Waals surface area contributed by atoms with Crippen molar-refractivity contribution in [3.63, 3.8) is 0 Å². The summed E-state index contributed by atoms with van der Waals surface area (Å²) < 4.78 is 1.53. The Hall–Kier alpha value is -2.77. The van der Waals surface area contributed by atoms with E-state index in [9.17, 15) is 9.59 Å². The summed E-state index contributed by atoms with van der Waals surface area (Å²) >= 11 is 0. The summed E-state index contributed by atoms with van der Waals surface area (Å²) in [6.07, 6.45) is 2.29. The van der Waals surface area contributed by atoms with E-state index in [-0.39, 0.29) is 12.3 Å². The van der Waals surface area contributed by atoms with Crippen LogP contribution in [-0.4, -0.2) is 55.2 Å².